The lowest BCUT2D eigenvalue weighted by atomic mass is 9.95. The Bertz CT molecular complexity index is 316. The minimum atomic E-state index is -0.223. The molecule has 0 amide bonds. The first kappa shape index (κ1) is 11.7. The van der Waals surface area contributed by atoms with Crippen molar-refractivity contribution in [2.45, 2.75) is 38.8 Å². The Hall–Kier alpha value is -0.800. The van der Waals surface area contributed by atoms with E-state index in [1.54, 1.807) is 0 Å². The zero-order valence-electron chi connectivity index (χ0n) is 10.4. The highest BCUT2D eigenvalue weighted by molar-refractivity contribution is 5.07. The number of H-pyrrole nitrogens is 1. The van der Waals surface area contributed by atoms with Crippen LogP contribution in [-0.4, -0.2) is 28.6 Å². The number of hydrogen-bond acceptors (Lipinski definition) is 2. The van der Waals surface area contributed by atoms with E-state index in [0.29, 0.717) is 0 Å². The Kier molecular flexibility index (Phi) is 3.36. The molecule has 16 heavy (non-hydrogen) atoms. The van der Waals surface area contributed by atoms with Gasteiger partial charge in [-0.3, -0.25) is 4.90 Å². The highest BCUT2D eigenvalue weighted by Gasteiger charge is 2.30. The van der Waals surface area contributed by atoms with Gasteiger partial charge in [0.25, 0.3) is 0 Å². The van der Waals surface area contributed by atoms with Gasteiger partial charge in [-0.15, -0.1) is 0 Å². The molecule has 1 aliphatic rings. The van der Waals surface area contributed by atoms with Crippen molar-refractivity contribution in [3.8, 4) is 0 Å². The highest BCUT2D eigenvalue weighted by atomic mass is 15.3. The first-order chi connectivity index (χ1) is 7.58. The lowest BCUT2D eigenvalue weighted by Crippen LogP contribution is -2.58. The fraction of sp³-hybridized carbons (Fsp3) is 0.692. The van der Waals surface area contributed by atoms with Crippen molar-refractivity contribution in [2.24, 2.45) is 11.7 Å². The molecule has 2 atom stereocenters. The Labute approximate surface area is 98.0 Å². The molecular formula is C13H23N3. The quantitative estimate of drug-likeness (QED) is 0.819. The predicted molar refractivity (Wildman–Crippen MR) is 67.1 cm³/mol. The summed E-state index contributed by atoms with van der Waals surface area (Å²) in [5.74, 6) is 0.778. The molecule has 90 valence electrons. The van der Waals surface area contributed by atoms with E-state index < -0.39 is 0 Å². The zero-order chi connectivity index (χ0) is 11.6. The maximum absolute atomic E-state index is 6.45. The average molecular weight is 221 g/mol. The molecule has 2 unspecified atom stereocenters. The summed E-state index contributed by atoms with van der Waals surface area (Å²) in [5.41, 5.74) is 7.45. The summed E-state index contributed by atoms with van der Waals surface area (Å²) in [4.78, 5) is 5.67. The van der Waals surface area contributed by atoms with Gasteiger partial charge in [0.15, 0.2) is 0 Å². The minimum Gasteiger partial charge on any atom is -0.365 e. The molecule has 2 rings (SSSR count). The molecule has 0 bridgehead atoms. The maximum atomic E-state index is 6.45. The summed E-state index contributed by atoms with van der Waals surface area (Å²) in [6.45, 7) is 6.73. The molecule has 1 fully saturated rings. The molecule has 0 saturated carbocycles. The van der Waals surface area contributed by atoms with E-state index in [0.717, 1.165) is 25.4 Å². The van der Waals surface area contributed by atoms with Crippen LogP contribution in [0.3, 0.4) is 0 Å². The molecule has 1 aromatic rings. The second-order valence-electron chi connectivity index (χ2n) is 5.42. The van der Waals surface area contributed by atoms with Crippen molar-refractivity contribution >= 4 is 0 Å². The van der Waals surface area contributed by atoms with E-state index in [2.05, 4.69) is 29.8 Å². The monoisotopic (exact) mass is 221 g/mol. The normalized spacial score (nSPS) is 26.6. The number of hydrogen-bond donors (Lipinski definition) is 2. The fourth-order valence-corrected chi connectivity index (χ4v) is 2.63. The van der Waals surface area contributed by atoms with Gasteiger partial charge >= 0.3 is 0 Å². The van der Waals surface area contributed by atoms with Crippen LogP contribution >= 0.6 is 0 Å². The smallest absolute Gasteiger partial charge is 0.0714 e. The third-order valence-electron chi connectivity index (χ3n) is 3.59. The van der Waals surface area contributed by atoms with Gasteiger partial charge in [0.2, 0.25) is 0 Å². The van der Waals surface area contributed by atoms with Crippen LogP contribution in [0.1, 0.15) is 32.4 Å². The number of likely N-dealkylation sites (tertiary alicyclic amines) is 1. The summed E-state index contributed by atoms with van der Waals surface area (Å²) < 4.78 is 0. The fourth-order valence-electron chi connectivity index (χ4n) is 2.63. The van der Waals surface area contributed by atoms with Gasteiger partial charge < -0.3 is 10.7 Å². The lowest BCUT2D eigenvalue weighted by molar-refractivity contribution is 0.0621. The molecule has 0 aromatic carbocycles. The first-order valence-corrected chi connectivity index (χ1v) is 6.24. The van der Waals surface area contributed by atoms with Crippen molar-refractivity contribution < 1.29 is 0 Å². The summed E-state index contributed by atoms with van der Waals surface area (Å²) in [6, 6.07) is 4.14. The van der Waals surface area contributed by atoms with Crippen molar-refractivity contribution in [1.82, 2.24) is 9.88 Å². The van der Waals surface area contributed by atoms with Crippen LogP contribution in [0.2, 0.25) is 0 Å². The van der Waals surface area contributed by atoms with E-state index in [-0.39, 0.29) is 5.66 Å². The van der Waals surface area contributed by atoms with Crippen LogP contribution in [0.25, 0.3) is 0 Å². The van der Waals surface area contributed by atoms with Crippen LogP contribution in [-0.2, 0) is 6.42 Å². The van der Waals surface area contributed by atoms with Gasteiger partial charge in [0.1, 0.15) is 0 Å². The Morgan fingerprint density at radius 2 is 2.44 bits per heavy atom. The zero-order valence-corrected chi connectivity index (χ0v) is 10.4. The van der Waals surface area contributed by atoms with E-state index in [9.17, 15) is 0 Å². The maximum Gasteiger partial charge on any atom is 0.0714 e. The number of rotatable bonds is 3. The second kappa shape index (κ2) is 4.60. The number of nitrogens with one attached hydrogen (secondary N) is 1. The van der Waals surface area contributed by atoms with Crippen LogP contribution in [0.4, 0.5) is 0 Å². The molecule has 1 aromatic heterocycles. The number of aromatic nitrogens is 1. The third kappa shape index (κ3) is 2.66. The number of piperidine rings is 1. The molecule has 2 heterocycles. The van der Waals surface area contributed by atoms with E-state index in [4.69, 9.17) is 5.73 Å². The Balaban J connectivity index is 2.00. The summed E-state index contributed by atoms with van der Waals surface area (Å²) in [5, 5.41) is 0. The number of nitrogens with zero attached hydrogens (tertiary/aromatic N) is 1. The predicted octanol–water partition coefficient (Wildman–Crippen LogP) is 1.96. The van der Waals surface area contributed by atoms with E-state index in [1.165, 1.54) is 18.5 Å². The van der Waals surface area contributed by atoms with Gasteiger partial charge in [-0.05, 0) is 44.4 Å². The van der Waals surface area contributed by atoms with Gasteiger partial charge in [-0.25, -0.2) is 0 Å². The summed E-state index contributed by atoms with van der Waals surface area (Å²) >= 11 is 0. The topological polar surface area (TPSA) is 45.0 Å². The van der Waals surface area contributed by atoms with Crippen molar-refractivity contribution in [2.75, 3.05) is 13.1 Å². The lowest BCUT2D eigenvalue weighted by Gasteiger charge is -2.42. The molecule has 3 heteroatoms. The van der Waals surface area contributed by atoms with E-state index >= 15 is 0 Å². The molecular weight excluding hydrogens is 198 g/mol. The summed E-state index contributed by atoms with van der Waals surface area (Å²) in [7, 11) is 0. The van der Waals surface area contributed by atoms with Crippen LogP contribution in [0, 0.1) is 5.92 Å². The first-order valence-electron chi connectivity index (χ1n) is 6.24. The molecule has 1 aliphatic heterocycles. The van der Waals surface area contributed by atoms with Gasteiger partial charge in [-0.1, -0.05) is 6.92 Å². The number of nitrogens with two attached hydrogens (primary N) is 1. The standard InChI is InChI=1S/C13H23N3/c1-11-5-4-8-16(10-11)13(2,14)9-12-6-3-7-15-12/h3,6-7,11,15H,4-5,8-10,14H2,1-2H3. The number of aromatic amines is 1. The second-order valence-corrected chi connectivity index (χ2v) is 5.42. The van der Waals surface area contributed by atoms with Crippen molar-refractivity contribution in [3.05, 3.63) is 24.0 Å². The average Bonchev–Trinajstić information content (AvgIpc) is 2.70. The van der Waals surface area contributed by atoms with Gasteiger partial charge in [0, 0.05) is 24.9 Å². The van der Waals surface area contributed by atoms with Crippen LogP contribution < -0.4 is 5.73 Å². The Morgan fingerprint density at radius 3 is 3.06 bits per heavy atom. The summed E-state index contributed by atoms with van der Waals surface area (Å²) in [6.07, 6.45) is 5.48. The van der Waals surface area contributed by atoms with E-state index in [1.807, 2.05) is 12.3 Å². The third-order valence-corrected chi connectivity index (χ3v) is 3.59. The largest absolute Gasteiger partial charge is 0.365 e. The van der Waals surface area contributed by atoms with Crippen molar-refractivity contribution in [1.29, 1.82) is 0 Å². The molecule has 1 saturated heterocycles. The van der Waals surface area contributed by atoms with Gasteiger partial charge in [-0.2, -0.15) is 0 Å². The SMILES string of the molecule is CC1CCCN(C(C)(N)Cc2ccc[nH]2)C1. The molecule has 0 spiro atoms. The molecule has 3 N–H and O–H groups in total. The Morgan fingerprint density at radius 1 is 1.62 bits per heavy atom. The molecule has 3 nitrogen and oxygen atoms in total. The van der Waals surface area contributed by atoms with Gasteiger partial charge in [0.05, 0.1) is 5.66 Å². The highest BCUT2D eigenvalue weighted by Crippen LogP contribution is 2.23. The molecule has 0 radical (unpaired) electrons. The van der Waals surface area contributed by atoms with Crippen LogP contribution in [0.15, 0.2) is 18.3 Å². The molecule has 0 aliphatic carbocycles. The van der Waals surface area contributed by atoms with Crippen LogP contribution in [0.5, 0.6) is 0 Å². The minimum absolute atomic E-state index is 0.223. The van der Waals surface area contributed by atoms with Crippen molar-refractivity contribution in [3.63, 3.8) is 0 Å².